The number of para-hydroxylation sites is 2. The Morgan fingerprint density at radius 3 is 2.17 bits per heavy atom. The number of hydrogen-bond acceptors (Lipinski definition) is 5. The summed E-state index contributed by atoms with van der Waals surface area (Å²) in [7, 11) is 0. The maximum absolute atomic E-state index is 6.35. The summed E-state index contributed by atoms with van der Waals surface area (Å²) in [5, 5.41) is 2.12. The molecule has 5 aromatic carbocycles. The molecule has 0 radical (unpaired) electrons. The molecule has 3 heterocycles. The molecule has 1 unspecified atom stereocenters. The summed E-state index contributed by atoms with van der Waals surface area (Å²) in [4.78, 5) is 15.2. The van der Waals surface area contributed by atoms with E-state index in [9.17, 15) is 0 Å². The van der Waals surface area contributed by atoms with Gasteiger partial charge in [0.25, 0.3) is 0 Å². The molecular formula is C42H29N3O2. The third kappa shape index (κ3) is 3.93. The van der Waals surface area contributed by atoms with Crippen LogP contribution in [-0.2, 0) is 5.41 Å². The molecule has 5 nitrogen and oxygen atoms in total. The van der Waals surface area contributed by atoms with Gasteiger partial charge in [-0.25, -0.2) is 15.0 Å². The van der Waals surface area contributed by atoms with Gasteiger partial charge >= 0.3 is 0 Å². The molecule has 1 aliphatic heterocycles. The summed E-state index contributed by atoms with van der Waals surface area (Å²) in [5.41, 5.74) is 11.0. The molecule has 47 heavy (non-hydrogen) atoms. The van der Waals surface area contributed by atoms with E-state index >= 15 is 0 Å². The lowest BCUT2D eigenvalue weighted by atomic mass is 9.77. The molecule has 2 aromatic heterocycles. The van der Waals surface area contributed by atoms with Crippen molar-refractivity contribution < 1.29 is 9.15 Å². The minimum absolute atomic E-state index is 0.192. The van der Waals surface area contributed by atoms with E-state index in [-0.39, 0.29) is 11.3 Å². The smallest absolute Gasteiger partial charge is 0.164 e. The predicted octanol–water partition coefficient (Wildman–Crippen LogP) is 10.3. The van der Waals surface area contributed by atoms with Crippen LogP contribution in [0.5, 0.6) is 5.75 Å². The fraction of sp³-hybridized carbons (Fsp3) is 0.119. The van der Waals surface area contributed by atoms with Gasteiger partial charge in [0.05, 0.1) is 0 Å². The third-order valence-corrected chi connectivity index (χ3v) is 10.1. The maximum Gasteiger partial charge on any atom is 0.164 e. The molecule has 0 N–H and O–H groups in total. The highest BCUT2D eigenvalue weighted by molar-refractivity contribution is 6.06. The average molecular weight is 608 g/mol. The molecule has 1 atom stereocenters. The van der Waals surface area contributed by atoms with Gasteiger partial charge in [-0.1, -0.05) is 92.7 Å². The number of ether oxygens (including phenoxy) is 1. The summed E-state index contributed by atoms with van der Waals surface area (Å²) in [5.74, 6) is 4.23. The standard InChI is InChI=1S/C42H29N3O2/c1-42(2)33-21-26(16-18-27(33)30-22-32-29-13-7-9-15-36(29)47-38(32)23-34(30)42)41-44-39(24-10-4-3-5-11-24)43-40(45-41)25-17-19-37-31(20-25)28-12-6-8-14-35(28)46-37/h3-21,23,32H,22H2,1-2H3. The van der Waals surface area contributed by atoms with Gasteiger partial charge in [0.1, 0.15) is 22.7 Å². The number of nitrogens with zero attached hydrogens (tertiary/aromatic N) is 3. The summed E-state index contributed by atoms with van der Waals surface area (Å²) in [6.45, 7) is 4.63. The van der Waals surface area contributed by atoms with Gasteiger partial charge in [-0.15, -0.1) is 0 Å². The Balaban J connectivity index is 1.10. The molecule has 5 heteroatoms. The molecule has 3 aliphatic rings. The second-order valence-electron chi connectivity index (χ2n) is 13.2. The van der Waals surface area contributed by atoms with Crippen molar-refractivity contribution in [2.75, 3.05) is 0 Å². The van der Waals surface area contributed by atoms with E-state index < -0.39 is 0 Å². The van der Waals surface area contributed by atoms with Gasteiger partial charge in [-0.3, -0.25) is 0 Å². The molecule has 2 aliphatic carbocycles. The van der Waals surface area contributed by atoms with E-state index in [2.05, 4.69) is 68.5 Å². The average Bonchev–Trinajstić information content (AvgIpc) is 3.74. The maximum atomic E-state index is 6.35. The quantitative estimate of drug-likeness (QED) is 0.200. The van der Waals surface area contributed by atoms with Crippen LogP contribution in [0.25, 0.3) is 61.7 Å². The lowest BCUT2D eigenvalue weighted by Crippen LogP contribution is -2.18. The van der Waals surface area contributed by atoms with Crippen LogP contribution >= 0.6 is 0 Å². The Labute approximate surface area is 271 Å². The Hall–Kier alpha value is -5.81. The van der Waals surface area contributed by atoms with E-state index in [1.54, 1.807) is 0 Å². The van der Waals surface area contributed by atoms with Crippen molar-refractivity contribution in [1.29, 1.82) is 0 Å². The second-order valence-corrected chi connectivity index (χ2v) is 13.2. The van der Waals surface area contributed by atoms with E-state index in [1.165, 1.54) is 27.8 Å². The van der Waals surface area contributed by atoms with Crippen LogP contribution in [0.15, 0.2) is 137 Å². The Kier molecular flexibility index (Phi) is 5.39. The van der Waals surface area contributed by atoms with Gasteiger partial charge < -0.3 is 9.15 Å². The van der Waals surface area contributed by atoms with Crippen LogP contribution in [0.3, 0.4) is 0 Å². The van der Waals surface area contributed by atoms with E-state index in [4.69, 9.17) is 24.1 Å². The Bertz CT molecular complexity index is 2500. The summed E-state index contributed by atoms with van der Waals surface area (Å²) >= 11 is 0. The summed E-state index contributed by atoms with van der Waals surface area (Å²) in [6.07, 6.45) is 3.24. The number of allylic oxidation sites excluding steroid dienone is 4. The predicted molar refractivity (Wildman–Crippen MR) is 186 cm³/mol. The van der Waals surface area contributed by atoms with Crippen molar-refractivity contribution >= 4 is 27.5 Å². The SMILES string of the molecule is CC1(C)C2=C(CC3C(=C2)Oc2ccccc23)c2ccc(-c3nc(-c4ccccc4)nc(-c4ccc5oc6ccccc6c5c4)n3)cc21. The minimum atomic E-state index is -0.192. The van der Waals surface area contributed by atoms with E-state index in [0.29, 0.717) is 17.5 Å². The molecular weight excluding hydrogens is 578 g/mol. The first-order valence-electron chi connectivity index (χ1n) is 16.1. The molecule has 0 spiro atoms. The zero-order chi connectivity index (χ0) is 31.3. The summed E-state index contributed by atoms with van der Waals surface area (Å²) < 4.78 is 12.5. The highest BCUT2D eigenvalue weighted by atomic mass is 16.5. The van der Waals surface area contributed by atoms with Crippen molar-refractivity contribution in [1.82, 2.24) is 15.0 Å². The van der Waals surface area contributed by atoms with Crippen molar-refractivity contribution in [2.45, 2.75) is 31.6 Å². The first kappa shape index (κ1) is 26.4. The van der Waals surface area contributed by atoms with Crippen molar-refractivity contribution in [2.24, 2.45) is 0 Å². The number of rotatable bonds is 3. The molecule has 0 saturated carbocycles. The van der Waals surface area contributed by atoms with Crippen molar-refractivity contribution in [3.8, 4) is 39.9 Å². The van der Waals surface area contributed by atoms with Crippen molar-refractivity contribution in [3.63, 3.8) is 0 Å². The fourth-order valence-electron chi connectivity index (χ4n) is 7.73. The van der Waals surface area contributed by atoms with E-state index in [1.807, 2.05) is 66.7 Å². The lowest BCUT2D eigenvalue weighted by molar-refractivity contribution is 0.423. The van der Waals surface area contributed by atoms with Gasteiger partial charge in [-0.2, -0.15) is 0 Å². The van der Waals surface area contributed by atoms with Gasteiger partial charge in [0.2, 0.25) is 0 Å². The number of fused-ring (bicyclic) bond motifs is 8. The zero-order valence-corrected chi connectivity index (χ0v) is 26.0. The number of furan rings is 1. The number of benzene rings is 5. The molecule has 0 saturated heterocycles. The minimum Gasteiger partial charge on any atom is -0.461 e. The molecule has 10 rings (SSSR count). The topological polar surface area (TPSA) is 61.0 Å². The van der Waals surface area contributed by atoms with Gasteiger partial charge in [0, 0.05) is 44.4 Å². The molecule has 0 bridgehead atoms. The molecule has 0 amide bonds. The van der Waals surface area contributed by atoms with Crippen LogP contribution in [0.2, 0.25) is 0 Å². The van der Waals surface area contributed by atoms with Crippen LogP contribution in [0.4, 0.5) is 0 Å². The normalized spacial score (nSPS) is 17.2. The Morgan fingerprint density at radius 1 is 0.638 bits per heavy atom. The third-order valence-electron chi connectivity index (χ3n) is 10.1. The highest BCUT2D eigenvalue weighted by Gasteiger charge is 2.43. The van der Waals surface area contributed by atoms with Crippen molar-refractivity contribution in [3.05, 3.63) is 149 Å². The van der Waals surface area contributed by atoms with Crippen LogP contribution < -0.4 is 4.74 Å². The summed E-state index contributed by atoms with van der Waals surface area (Å²) in [6, 6.07) is 39.6. The van der Waals surface area contributed by atoms with E-state index in [0.717, 1.165) is 56.6 Å². The first-order chi connectivity index (χ1) is 23.0. The second kappa shape index (κ2) is 9.60. The van der Waals surface area contributed by atoms with Crippen LogP contribution in [0.1, 0.15) is 42.9 Å². The monoisotopic (exact) mass is 607 g/mol. The largest absolute Gasteiger partial charge is 0.461 e. The zero-order valence-electron chi connectivity index (χ0n) is 26.0. The Morgan fingerprint density at radius 2 is 1.32 bits per heavy atom. The number of hydrogen-bond donors (Lipinski definition) is 0. The molecule has 7 aromatic rings. The molecule has 224 valence electrons. The molecule has 0 fully saturated rings. The van der Waals surface area contributed by atoms with Gasteiger partial charge in [-0.05, 0) is 71.2 Å². The van der Waals surface area contributed by atoms with Crippen LogP contribution in [0, 0.1) is 0 Å². The number of aromatic nitrogens is 3. The lowest BCUT2D eigenvalue weighted by Gasteiger charge is -2.26. The fourth-order valence-corrected chi connectivity index (χ4v) is 7.73. The first-order valence-corrected chi connectivity index (χ1v) is 16.1. The van der Waals surface area contributed by atoms with Gasteiger partial charge in [0.15, 0.2) is 17.5 Å². The highest BCUT2D eigenvalue weighted by Crippen LogP contribution is 2.57. The van der Waals surface area contributed by atoms with Crippen LogP contribution in [-0.4, -0.2) is 15.0 Å².